The fraction of sp³-hybridized carbons (Fsp3) is 0.133. The maximum Gasteiger partial charge on any atom is 0.337 e. The van der Waals surface area contributed by atoms with Gasteiger partial charge in [0.2, 0.25) is 0 Å². The zero-order valence-corrected chi connectivity index (χ0v) is 12.7. The van der Waals surface area contributed by atoms with Crippen molar-refractivity contribution >= 4 is 29.8 Å². The number of hydrogen-bond donors (Lipinski definition) is 4. The molecule has 0 amide bonds. The topological polar surface area (TPSA) is 176 Å². The van der Waals surface area contributed by atoms with Crippen LogP contribution in [0.2, 0.25) is 0 Å². The highest BCUT2D eigenvalue weighted by atomic mass is 16.5. The molecule has 0 aliphatic rings. The molecule has 10 heteroatoms. The first-order chi connectivity index (χ1) is 11.5. The number of carboxylic acid groups (broad SMARTS) is 4. The SMILES string of the molecule is C=CC(=O)OC(C)c1c(C(=O)O)c(C(=O)O)cc(C(=O)O)c1C(=O)O. The Morgan fingerprint density at radius 1 is 0.920 bits per heavy atom. The minimum atomic E-state index is -1.83. The predicted molar refractivity (Wildman–Crippen MR) is 79.0 cm³/mol. The third kappa shape index (κ3) is 3.80. The van der Waals surface area contributed by atoms with Gasteiger partial charge in [-0.2, -0.15) is 0 Å². The Morgan fingerprint density at radius 2 is 1.32 bits per heavy atom. The van der Waals surface area contributed by atoms with Crippen molar-refractivity contribution in [3.63, 3.8) is 0 Å². The number of carbonyl (C=O) groups is 5. The van der Waals surface area contributed by atoms with Crippen LogP contribution in [0.3, 0.4) is 0 Å². The van der Waals surface area contributed by atoms with Crippen LogP contribution < -0.4 is 0 Å². The second-order valence-corrected chi connectivity index (χ2v) is 4.64. The van der Waals surface area contributed by atoms with Crippen LogP contribution in [-0.4, -0.2) is 50.3 Å². The lowest BCUT2D eigenvalue weighted by atomic mass is 9.88. The van der Waals surface area contributed by atoms with Gasteiger partial charge in [0.05, 0.1) is 22.3 Å². The molecule has 0 saturated carbocycles. The monoisotopic (exact) mass is 352 g/mol. The van der Waals surface area contributed by atoms with Crippen LogP contribution >= 0.6 is 0 Å². The molecule has 1 aromatic carbocycles. The van der Waals surface area contributed by atoms with E-state index in [1.54, 1.807) is 0 Å². The van der Waals surface area contributed by atoms with E-state index in [1.165, 1.54) is 0 Å². The van der Waals surface area contributed by atoms with E-state index in [4.69, 9.17) is 14.9 Å². The first kappa shape index (κ1) is 19.4. The first-order valence-electron chi connectivity index (χ1n) is 6.50. The second kappa shape index (κ2) is 7.25. The summed E-state index contributed by atoms with van der Waals surface area (Å²) in [7, 11) is 0. The summed E-state index contributed by atoms with van der Waals surface area (Å²) in [6.07, 6.45) is -0.851. The molecule has 0 aliphatic heterocycles. The van der Waals surface area contributed by atoms with E-state index in [2.05, 4.69) is 6.58 Å². The Bertz CT molecular complexity index is 755. The quantitative estimate of drug-likeness (QED) is 0.413. The predicted octanol–water partition coefficient (Wildman–Crippen LogP) is 1.27. The van der Waals surface area contributed by atoms with Crippen molar-refractivity contribution in [2.75, 3.05) is 0 Å². The molecule has 1 atom stereocenters. The minimum Gasteiger partial charge on any atom is -0.478 e. The Kier molecular flexibility index (Phi) is 5.62. The van der Waals surface area contributed by atoms with Crippen LogP contribution in [0.25, 0.3) is 0 Å². The fourth-order valence-electron chi connectivity index (χ4n) is 2.19. The molecule has 0 aliphatic carbocycles. The molecular formula is C15H12O10. The van der Waals surface area contributed by atoms with E-state index < -0.39 is 63.8 Å². The largest absolute Gasteiger partial charge is 0.478 e. The van der Waals surface area contributed by atoms with Gasteiger partial charge in [-0.25, -0.2) is 24.0 Å². The number of esters is 1. The number of rotatable bonds is 7. The van der Waals surface area contributed by atoms with Crippen molar-refractivity contribution in [3.05, 3.63) is 46.5 Å². The average molecular weight is 352 g/mol. The second-order valence-electron chi connectivity index (χ2n) is 4.64. The van der Waals surface area contributed by atoms with Crippen molar-refractivity contribution in [2.24, 2.45) is 0 Å². The summed E-state index contributed by atoms with van der Waals surface area (Å²) in [6.45, 7) is 4.19. The molecule has 0 bridgehead atoms. The van der Waals surface area contributed by atoms with Crippen molar-refractivity contribution in [3.8, 4) is 0 Å². The summed E-state index contributed by atoms with van der Waals surface area (Å²) in [5.41, 5.74) is -4.64. The number of aromatic carboxylic acids is 4. The molecule has 1 unspecified atom stereocenters. The Hall–Kier alpha value is -3.69. The number of ether oxygens (including phenoxy) is 1. The Balaban J connectivity index is 4.01. The highest BCUT2D eigenvalue weighted by molar-refractivity contribution is 6.11. The van der Waals surface area contributed by atoms with Crippen LogP contribution in [0.4, 0.5) is 0 Å². The zero-order valence-electron chi connectivity index (χ0n) is 12.7. The van der Waals surface area contributed by atoms with Gasteiger partial charge in [-0.15, -0.1) is 0 Å². The lowest BCUT2D eigenvalue weighted by molar-refractivity contribution is -0.142. The average Bonchev–Trinajstić information content (AvgIpc) is 2.51. The molecular weight excluding hydrogens is 340 g/mol. The van der Waals surface area contributed by atoms with Gasteiger partial charge in [-0.1, -0.05) is 6.58 Å². The summed E-state index contributed by atoms with van der Waals surface area (Å²) < 4.78 is 4.77. The van der Waals surface area contributed by atoms with E-state index in [0.717, 1.165) is 13.0 Å². The molecule has 0 saturated heterocycles. The maximum atomic E-state index is 11.5. The summed E-state index contributed by atoms with van der Waals surface area (Å²) in [4.78, 5) is 56.9. The van der Waals surface area contributed by atoms with Gasteiger partial charge in [0.15, 0.2) is 0 Å². The normalized spacial score (nSPS) is 11.2. The molecule has 0 spiro atoms. The van der Waals surface area contributed by atoms with Gasteiger partial charge < -0.3 is 25.2 Å². The summed E-state index contributed by atoms with van der Waals surface area (Å²) >= 11 is 0. The van der Waals surface area contributed by atoms with Gasteiger partial charge in [0, 0.05) is 11.6 Å². The highest BCUT2D eigenvalue weighted by Gasteiger charge is 2.34. The zero-order chi connectivity index (χ0) is 19.5. The standard InChI is InChI=1S/C15H12O10/c1-3-8(16)25-5(2)9-10(14(21)22)6(12(17)18)4-7(13(19)20)11(9)15(23)24/h3-5H,1H2,2H3,(H,17,18)(H,19,20)(H,21,22)(H,23,24). The summed E-state index contributed by atoms with van der Waals surface area (Å²) in [6, 6.07) is 0.434. The van der Waals surface area contributed by atoms with Crippen molar-refractivity contribution in [1.82, 2.24) is 0 Å². The molecule has 0 aromatic heterocycles. The molecule has 1 rings (SSSR count). The van der Waals surface area contributed by atoms with E-state index in [0.29, 0.717) is 6.07 Å². The molecule has 4 N–H and O–H groups in total. The van der Waals surface area contributed by atoms with E-state index in [9.17, 15) is 34.2 Å². The van der Waals surface area contributed by atoms with E-state index in [1.807, 2.05) is 0 Å². The van der Waals surface area contributed by atoms with Crippen LogP contribution in [-0.2, 0) is 9.53 Å². The van der Waals surface area contributed by atoms with Crippen molar-refractivity contribution in [1.29, 1.82) is 0 Å². The minimum absolute atomic E-state index is 0.434. The van der Waals surface area contributed by atoms with Crippen LogP contribution in [0.5, 0.6) is 0 Å². The lowest BCUT2D eigenvalue weighted by Gasteiger charge is -2.20. The van der Waals surface area contributed by atoms with Crippen molar-refractivity contribution < 1.29 is 49.1 Å². The number of carboxylic acids is 4. The van der Waals surface area contributed by atoms with Crippen LogP contribution in [0.1, 0.15) is 60.0 Å². The fourth-order valence-corrected chi connectivity index (χ4v) is 2.19. The molecule has 0 heterocycles. The van der Waals surface area contributed by atoms with Gasteiger partial charge in [-0.3, -0.25) is 0 Å². The number of benzene rings is 1. The van der Waals surface area contributed by atoms with Gasteiger partial charge in [0.1, 0.15) is 6.10 Å². The highest BCUT2D eigenvalue weighted by Crippen LogP contribution is 2.31. The number of carbonyl (C=O) groups excluding carboxylic acids is 1. The van der Waals surface area contributed by atoms with Crippen LogP contribution in [0, 0.1) is 0 Å². The lowest BCUT2D eigenvalue weighted by Crippen LogP contribution is -2.23. The maximum absolute atomic E-state index is 11.5. The third-order valence-electron chi connectivity index (χ3n) is 3.12. The smallest absolute Gasteiger partial charge is 0.337 e. The van der Waals surface area contributed by atoms with Gasteiger partial charge >= 0.3 is 29.8 Å². The Morgan fingerprint density at radius 3 is 1.60 bits per heavy atom. The van der Waals surface area contributed by atoms with Gasteiger partial charge in [0.25, 0.3) is 0 Å². The molecule has 25 heavy (non-hydrogen) atoms. The van der Waals surface area contributed by atoms with Crippen LogP contribution in [0.15, 0.2) is 18.7 Å². The Labute approximate surface area is 139 Å². The first-order valence-corrected chi connectivity index (χ1v) is 6.50. The summed E-state index contributed by atoms with van der Waals surface area (Å²) in [5.74, 6) is -8.28. The third-order valence-corrected chi connectivity index (χ3v) is 3.12. The molecule has 0 radical (unpaired) electrons. The van der Waals surface area contributed by atoms with E-state index >= 15 is 0 Å². The molecule has 1 aromatic rings. The molecule has 0 fully saturated rings. The van der Waals surface area contributed by atoms with Crippen molar-refractivity contribution in [2.45, 2.75) is 13.0 Å². The summed E-state index contributed by atoms with van der Waals surface area (Å²) in [5, 5.41) is 36.9. The van der Waals surface area contributed by atoms with E-state index in [-0.39, 0.29) is 0 Å². The molecule has 132 valence electrons. The van der Waals surface area contributed by atoms with Gasteiger partial charge in [-0.05, 0) is 13.0 Å². The number of hydrogen-bond acceptors (Lipinski definition) is 6. The molecule has 10 nitrogen and oxygen atoms in total.